The van der Waals surface area contributed by atoms with Crippen molar-refractivity contribution in [3.05, 3.63) is 24.3 Å². The van der Waals surface area contributed by atoms with Crippen LogP contribution in [0, 0.1) is 0 Å². The van der Waals surface area contributed by atoms with Crippen LogP contribution in [0.15, 0.2) is 29.2 Å². The molecular weight excluding hydrogens is 261 g/mol. The van der Waals surface area contributed by atoms with Crippen LogP contribution in [0.2, 0.25) is 0 Å². The van der Waals surface area contributed by atoms with Crippen LogP contribution in [0.5, 0.6) is 0 Å². The van der Waals surface area contributed by atoms with Gasteiger partial charge in [0.05, 0.1) is 4.90 Å². The molecule has 0 spiro atoms. The van der Waals surface area contributed by atoms with E-state index >= 15 is 0 Å². The van der Waals surface area contributed by atoms with E-state index in [0.717, 1.165) is 4.90 Å². The van der Waals surface area contributed by atoms with Crippen molar-refractivity contribution >= 4 is 34.9 Å². The lowest BCUT2D eigenvalue weighted by Gasteiger charge is -1.94. The number of rotatable bonds is 1. The summed E-state index contributed by atoms with van der Waals surface area (Å²) >= 11 is 1.84. The average Bonchev–Trinajstić information content (AvgIpc) is 1.88. The molecule has 0 saturated carbocycles. The second-order valence-corrected chi connectivity index (χ2v) is 5.11. The van der Waals surface area contributed by atoms with Crippen LogP contribution >= 0.6 is 21.2 Å². The van der Waals surface area contributed by atoms with E-state index in [9.17, 15) is 4.21 Å². The fourth-order valence-electron chi connectivity index (χ4n) is 0.614. The Labute approximate surface area is 73.9 Å². The standard InChI is InChI=1S/C6H6INOS/c7-10(9)6-3-1-2-5(8)4-6/h1-4H,8H2. The molecule has 0 heterocycles. The predicted octanol–water partition coefficient (Wildman–Crippen LogP) is 1.73. The Kier molecular flexibility index (Phi) is 2.67. The highest BCUT2D eigenvalue weighted by Gasteiger charge is 1.96. The summed E-state index contributed by atoms with van der Waals surface area (Å²) in [6.45, 7) is 0. The van der Waals surface area contributed by atoms with Crippen LogP contribution in [-0.2, 0) is 7.97 Å². The summed E-state index contributed by atoms with van der Waals surface area (Å²) in [5.41, 5.74) is 6.11. The maximum Gasteiger partial charge on any atom is 0.115 e. The number of anilines is 1. The lowest BCUT2D eigenvalue weighted by molar-refractivity contribution is 0.693. The van der Waals surface area contributed by atoms with Gasteiger partial charge in [-0.25, -0.2) is 4.21 Å². The molecule has 1 aromatic rings. The molecule has 2 nitrogen and oxygen atoms in total. The molecule has 1 rings (SSSR count). The first kappa shape index (κ1) is 8.00. The molecule has 10 heavy (non-hydrogen) atoms. The summed E-state index contributed by atoms with van der Waals surface area (Å²) in [7, 11) is -0.949. The SMILES string of the molecule is Nc1cccc(S(=O)I)c1. The monoisotopic (exact) mass is 267 g/mol. The minimum Gasteiger partial charge on any atom is -0.399 e. The Balaban J connectivity index is 3.07. The summed E-state index contributed by atoms with van der Waals surface area (Å²) in [5.74, 6) is 0. The minimum absolute atomic E-state index is 0.655. The molecule has 2 N–H and O–H groups in total. The van der Waals surface area contributed by atoms with Gasteiger partial charge in [-0.3, -0.25) is 0 Å². The molecule has 0 saturated heterocycles. The topological polar surface area (TPSA) is 43.1 Å². The maximum absolute atomic E-state index is 10.8. The van der Waals surface area contributed by atoms with E-state index in [2.05, 4.69) is 0 Å². The highest BCUT2D eigenvalue weighted by Crippen LogP contribution is 2.14. The lowest BCUT2D eigenvalue weighted by Crippen LogP contribution is -1.86. The van der Waals surface area contributed by atoms with Crippen LogP contribution in [0.25, 0.3) is 0 Å². The van der Waals surface area contributed by atoms with Gasteiger partial charge >= 0.3 is 0 Å². The summed E-state index contributed by atoms with van der Waals surface area (Å²) in [6, 6.07) is 7.07. The van der Waals surface area contributed by atoms with Crippen molar-refractivity contribution in [1.82, 2.24) is 0 Å². The van der Waals surface area contributed by atoms with Gasteiger partial charge in [-0.2, -0.15) is 0 Å². The molecule has 1 atom stereocenters. The second-order valence-electron chi connectivity index (χ2n) is 1.80. The summed E-state index contributed by atoms with van der Waals surface area (Å²) in [6.07, 6.45) is 0. The first-order valence-corrected chi connectivity index (χ1v) is 6.33. The molecule has 1 unspecified atom stereocenters. The van der Waals surface area contributed by atoms with E-state index < -0.39 is 7.97 Å². The van der Waals surface area contributed by atoms with Crippen molar-refractivity contribution in [1.29, 1.82) is 0 Å². The normalized spacial score (nSPS) is 12.9. The van der Waals surface area contributed by atoms with Crippen molar-refractivity contribution in [3.8, 4) is 0 Å². The van der Waals surface area contributed by atoms with Crippen LogP contribution in [-0.4, -0.2) is 4.21 Å². The van der Waals surface area contributed by atoms with Crippen molar-refractivity contribution in [2.75, 3.05) is 5.73 Å². The molecule has 1 aromatic carbocycles. The van der Waals surface area contributed by atoms with Gasteiger partial charge in [0.2, 0.25) is 0 Å². The maximum atomic E-state index is 10.8. The van der Waals surface area contributed by atoms with Gasteiger partial charge in [0.25, 0.3) is 0 Å². The van der Waals surface area contributed by atoms with E-state index in [1.807, 2.05) is 21.2 Å². The average molecular weight is 267 g/mol. The largest absolute Gasteiger partial charge is 0.399 e. The van der Waals surface area contributed by atoms with E-state index in [4.69, 9.17) is 5.73 Å². The molecule has 0 radical (unpaired) electrons. The number of halogens is 1. The zero-order chi connectivity index (χ0) is 7.56. The van der Waals surface area contributed by atoms with Crippen molar-refractivity contribution < 1.29 is 4.21 Å². The molecule has 0 bridgehead atoms. The van der Waals surface area contributed by atoms with Crippen molar-refractivity contribution in [2.24, 2.45) is 0 Å². The van der Waals surface area contributed by atoms with E-state index in [0.29, 0.717) is 5.69 Å². The molecule has 4 heteroatoms. The predicted molar refractivity (Wildman–Crippen MR) is 51.3 cm³/mol. The number of hydrogen-bond donors (Lipinski definition) is 1. The first-order valence-electron chi connectivity index (χ1n) is 2.64. The van der Waals surface area contributed by atoms with E-state index in [1.54, 1.807) is 24.3 Å². The van der Waals surface area contributed by atoms with Crippen LogP contribution in [0.1, 0.15) is 0 Å². The molecule has 0 fully saturated rings. The van der Waals surface area contributed by atoms with Crippen molar-refractivity contribution in [3.63, 3.8) is 0 Å². The third-order valence-corrected chi connectivity index (χ3v) is 3.19. The summed E-state index contributed by atoms with van der Waals surface area (Å²) < 4.78 is 10.8. The number of hydrogen-bond acceptors (Lipinski definition) is 2. The molecule has 0 aliphatic rings. The van der Waals surface area contributed by atoms with Gasteiger partial charge in [-0.15, -0.1) is 0 Å². The van der Waals surface area contributed by atoms with Crippen molar-refractivity contribution in [2.45, 2.75) is 4.90 Å². The fourth-order valence-corrected chi connectivity index (χ4v) is 1.85. The van der Waals surface area contributed by atoms with Gasteiger partial charge in [0, 0.05) is 26.9 Å². The van der Waals surface area contributed by atoms with Crippen LogP contribution in [0.3, 0.4) is 0 Å². The quantitative estimate of drug-likeness (QED) is 0.478. The first-order chi connectivity index (χ1) is 4.70. The molecule has 54 valence electrons. The van der Waals surface area contributed by atoms with E-state index in [-0.39, 0.29) is 0 Å². The Hall–Kier alpha value is -0.100. The number of nitrogens with two attached hydrogens (primary N) is 1. The molecule has 0 aliphatic heterocycles. The van der Waals surface area contributed by atoms with Gasteiger partial charge in [0.1, 0.15) is 7.97 Å². The number of benzene rings is 1. The van der Waals surface area contributed by atoms with Gasteiger partial charge in [-0.05, 0) is 18.2 Å². The van der Waals surface area contributed by atoms with E-state index in [1.165, 1.54) is 0 Å². The van der Waals surface area contributed by atoms with Gasteiger partial charge in [-0.1, -0.05) is 6.07 Å². The van der Waals surface area contributed by atoms with Gasteiger partial charge < -0.3 is 5.73 Å². The zero-order valence-electron chi connectivity index (χ0n) is 5.08. The van der Waals surface area contributed by atoms with Crippen LogP contribution < -0.4 is 5.73 Å². The zero-order valence-corrected chi connectivity index (χ0v) is 8.06. The molecule has 0 aromatic heterocycles. The summed E-state index contributed by atoms with van der Waals surface area (Å²) in [5, 5.41) is 0. The molecule has 0 amide bonds. The minimum atomic E-state index is -0.949. The highest BCUT2D eigenvalue weighted by molar-refractivity contribution is 14.2. The second kappa shape index (κ2) is 3.34. The Morgan fingerprint density at radius 3 is 2.60 bits per heavy atom. The highest BCUT2D eigenvalue weighted by atomic mass is 127. The van der Waals surface area contributed by atoms with Crippen LogP contribution in [0.4, 0.5) is 5.69 Å². The number of nitrogen functional groups attached to an aromatic ring is 1. The third kappa shape index (κ3) is 1.95. The Bertz CT molecular complexity index is 264. The lowest BCUT2D eigenvalue weighted by atomic mass is 10.3. The fraction of sp³-hybridized carbons (Fsp3) is 0. The third-order valence-electron chi connectivity index (χ3n) is 1.04. The van der Waals surface area contributed by atoms with Gasteiger partial charge in [0.15, 0.2) is 0 Å². The molecular formula is C6H6INOS. The summed E-state index contributed by atoms with van der Waals surface area (Å²) in [4.78, 5) is 0.764. The Morgan fingerprint density at radius 1 is 1.50 bits per heavy atom. The molecule has 0 aliphatic carbocycles. The smallest absolute Gasteiger partial charge is 0.115 e. The Morgan fingerprint density at radius 2 is 2.20 bits per heavy atom.